The second kappa shape index (κ2) is 5.30. The molecule has 0 aromatic rings. The van der Waals surface area contributed by atoms with Crippen molar-refractivity contribution in [1.82, 2.24) is 5.32 Å². The Morgan fingerprint density at radius 3 is 2.69 bits per heavy atom. The van der Waals surface area contributed by atoms with Crippen molar-refractivity contribution in [2.24, 2.45) is 5.92 Å². The van der Waals surface area contributed by atoms with Crippen LogP contribution in [0.3, 0.4) is 0 Å². The van der Waals surface area contributed by atoms with E-state index in [-0.39, 0.29) is 18.4 Å². The van der Waals surface area contributed by atoms with E-state index in [1.165, 1.54) is 0 Å². The lowest BCUT2D eigenvalue weighted by Gasteiger charge is -2.24. The molecule has 1 aliphatic heterocycles. The van der Waals surface area contributed by atoms with Gasteiger partial charge in [-0.25, -0.2) is 4.79 Å². The Morgan fingerprint density at radius 2 is 2.25 bits per heavy atom. The molecule has 0 bridgehead atoms. The molecule has 1 heterocycles. The lowest BCUT2D eigenvalue weighted by Crippen LogP contribution is -2.55. The zero-order valence-corrected chi connectivity index (χ0v) is 9.78. The predicted molar refractivity (Wildman–Crippen MR) is 58.0 cm³/mol. The average molecular weight is 229 g/mol. The molecule has 0 aromatic heterocycles. The molecular formula is C11H19NO4. The van der Waals surface area contributed by atoms with Gasteiger partial charge in [-0.05, 0) is 5.92 Å². The van der Waals surface area contributed by atoms with Crippen LogP contribution in [0.15, 0.2) is 0 Å². The van der Waals surface area contributed by atoms with Crippen LogP contribution in [0.25, 0.3) is 0 Å². The molecule has 0 radical (unpaired) electrons. The number of aliphatic carboxylic acids is 1. The van der Waals surface area contributed by atoms with E-state index >= 15 is 0 Å². The van der Waals surface area contributed by atoms with Crippen LogP contribution in [0.5, 0.6) is 0 Å². The predicted octanol–water partition coefficient (Wildman–Crippen LogP) is 0.782. The largest absolute Gasteiger partial charge is 0.479 e. The van der Waals surface area contributed by atoms with Gasteiger partial charge in [0.25, 0.3) is 0 Å². The summed E-state index contributed by atoms with van der Waals surface area (Å²) in [4.78, 5) is 22.8. The number of hydrogen-bond acceptors (Lipinski definition) is 3. The zero-order valence-electron chi connectivity index (χ0n) is 9.78. The highest BCUT2D eigenvalue weighted by Gasteiger charge is 2.43. The van der Waals surface area contributed by atoms with Gasteiger partial charge in [0.05, 0.1) is 6.61 Å². The fourth-order valence-electron chi connectivity index (χ4n) is 1.66. The van der Waals surface area contributed by atoms with Crippen molar-refractivity contribution in [1.29, 1.82) is 0 Å². The molecule has 2 unspecified atom stereocenters. The van der Waals surface area contributed by atoms with Crippen LogP contribution >= 0.6 is 0 Å². The first kappa shape index (κ1) is 13.0. The molecule has 0 aromatic carbocycles. The smallest absolute Gasteiger partial charge is 0.331 e. The molecule has 2 atom stereocenters. The standard InChI is InChI=1S/C11H19NO4/c1-3-8(2)6-9(13)12-11(10(14)15)4-5-16-7-11/h8H,3-7H2,1-2H3,(H,12,13)(H,14,15). The normalized spacial score (nSPS) is 26.4. The van der Waals surface area contributed by atoms with Crippen LogP contribution < -0.4 is 5.32 Å². The lowest BCUT2D eigenvalue weighted by molar-refractivity contribution is -0.147. The number of amides is 1. The number of hydrogen-bond donors (Lipinski definition) is 2. The summed E-state index contributed by atoms with van der Waals surface area (Å²) < 4.78 is 5.06. The van der Waals surface area contributed by atoms with Crippen molar-refractivity contribution >= 4 is 11.9 Å². The summed E-state index contributed by atoms with van der Waals surface area (Å²) in [5, 5.41) is 11.7. The molecular weight excluding hydrogens is 210 g/mol. The molecule has 16 heavy (non-hydrogen) atoms. The maximum Gasteiger partial charge on any atom is 0.331 e. The summed E-state index contributed by atoms with van der Waals surface area (Å²) in [6.45, 7) is 4.42. The molecule has 2 N–H and O–H groups in total. The SMILES string of the molecule is CCC(C)CC(=O)NC1(C(=O)O)CCOC1. The van der Waals surface area contributed by atoms with Crippen molar-refractivity contribution in [3.63, 3.8) is 0 Å². The van der Waals surface area contributed by atoms with E-state index in [1.54, 1.807) is 0 Å². The molecule has 5 heteroatoms. The Kier molecular flexibility index (Phi) is 4.29. The van der Waals surface area contributed by atoms with Crippen LogP contribution in [-0.4, -0.2) is 35.7 Å². The van der Waals surface area contributed by atoms with Gasteiger partial charge >= 0.3 is 5.97 Å². The van der Waals surface area contributed by atoms with Gasteiger partial charge in [0.2, 0.25) is 5.91 Å². The first-order chi connectivity index (χ1) is 7.50. The third-order valence-electron chi connectivity index (χ3n) is 3.04. The highest BCUT2D eigenvalue weighted by molar-refractivity contribution is 5.87. The fraction of sp³-hybridized carbons (Fsp3) is 0.818. The van der Waals surface area contributed by atoms with Gasteiger partial charge in [-0.1, -0.05) is 20.3 Å². The van der Waals surface area contributed by atoms with Crippen LogP contribution in [0.1, 0.15) is 33.1 Å². The van der Waals surface area contributed by atoms with Crippen molar-refractivity contribution in [3.8, 4) is 0 Å². The molecule has 92 valence electrons. The van der Waals surface area contributed by atoms with Crippen LogP contribution in [0, 0.1) is 5.92 Å². The van der Waals surface area contributed by atoms with Crippen LogP contribution in [0.4, 0.5) is 0 Å². The highest BCUT2D eigenvalue weighted by atomic mass is 16.5. The average Bonchev–Trinajstić information content (AvgIpc) is 2.67. The quantitative estimate of drug-likeness (QED) is 0.730. The van der Waals surface area contributed by atoms with Gasteiger partial charge < -0.3 is 15.2 Å². The van der Waals surface area contributed by atoms with Gasteiger partial charge in [-0.15, -0.1) is 0 Å². The molecule has 0 aliphatic carbocycles. The summed E-state index contributed by atoms with van der Waals surface area (Å²) in [5.74, 6) is -0.946. The third-order valence-corrected chi connectivity index (χ3v) is 3.04. The Bertz CT molecular complexity index is 271. The number of rotatable bonds is 5. The van der Waals surface area contributed by atoms with Crippen molar-refractivity contribution in [3.05, 3.63) is 0 Å². The number of nitrogens with one attached hydrogen (secondary N) is 1. The molecule has 1 aliphatic rings. The number of carbonyl (C=O) groups excluding carboxylic acids is 1. The first-order valence-electron chi connectivity index (χ1n) is 5.62. The molecule has 5 nitrogen and oxygen atoms in total. The van der Waals surface area contributed by atoms with Crippen LogP contribution in [0.2, 0.25) is 0 Å². The number of carbonyl (C=O) groups is 2. The van der Waals surface area contributed by atoms with E-state index in [2.05, 4.69) is 5.32 Å². The number of ether oxygens (including phenoxy) is 1. The zero-order chi connectivity index (χ0) is 12.2. The van der Waals surface area contributed by atoms with Gasteiger partial charge in [-0.2, -0.15) is 0 Å². The van der Waals surface area contributed by atoms with E-state index in [1.807, 2.05) is 13.8 Å². The van der Waals surface area contributed by atoms with Crippen molar-refractivity contribution < 1.29 is 19.4 Å². The highest BCUT2D eigenvalue weighted by Crippen LogP contribution is 2.19. The van der Waals surface area contributed by atoms with Crippen molar-refractivity contribution in [2.75, 3.05) is 13.2 Å². The van der Waals surface area contributed by atoms with Crippen molar-refractivity contribution in [2.45, 2.75) is 38.6 Å². The van der Waals surface area contributed by atoms with E-state index in [0.29, 0.717) is 19.4 Å². The monoisotopic (exact) mass is 229 g/mol. The minimum atomic E-state index is -1.20. The minimum Gasteiger partial charge on any atom is -0.479 e. The number of carboxylic acids is 1. The second-order valence-corrected chi connectivity index (χ2v) is 4.46. The van der Waals surface area contributed by atoms with Crippen LogP contribution in [-0.2, 0) is 14.3 Å². The Balaban J connectivity index is 2.56. The minimum absolute atomic E-state index is 0.0641. The van der Waals surface area contributed by atoms with Gasteiger partial charge in [0.1, 0.15) is 0 Å². The maximum absolute atomic E-state index is 11.6. The van der Waals surface area contributed by atoms with Gasteiger partial charge in [-0.3, -0.25) is 4.79 Å². The molecule has 1 rings (SSSR count). The molecule has 1 saturated heterocycles. The van der Waals surface area contributed by atoms with Gasteiger partial charge in [0.15, 0.2) is 5.54 Å². The Hall–Kier alpha value is -1.10. The summed E-state index contributed by atoms with van der Waals surface area (Å²) in [6.07, 6.45) is 1.62. The molecule has 1 amide bonds. The maximum atomic E-state index is 11.6. The Labute approximate surface area is 95.2 Å². The third kappa shape index (κ3) is 2.95. The molecule has 1 fully saturated rings. The Morgan fingerprint density at radius 1 is 1.56 bits per heavy atom. The molecule has 0 saturated carbocycles. The topological polar surface area (TPSA) is 75.6 Å². The lowest BCUT2D eigenvalue weighted by atomic mass is 9.97. The van der Waals surface area contributed by atoms with E-state index in [0.717, 1.165) is 6.42 Å². The summed E-state index contributed by atoms with van der Waals surface area (Å²) in [7, 11) is 0. The summed E-state index contributed by atoms with van der Waals surface area (Å²) >= 11 is 0. The van der Waals surface area contributed by atoms with E-state index in [9.17, 15) is 9.59 Å². The second-order valence-electron chi connectivity index (χ2n) is 4.46. The van der Waals surface area contributed by atoms with E-state index in [4.69, 9.17) is 9.84 Å². The molecule has 0 spiro atoms. The number of carboxylic acid groups (broad SMARTS) is 1. The van der Waals surface area contributed by atoms with E-state index < -0.39 is 11.5 Å². The fourth-order valence-corrected chi connectivity index (χ4v) is 1.66. The summed E-state index contributed by atoms with van der Waals surface area (Å²) in [5.41, 5.74) is -1.20. The van der Waals surface area contributed by atoms with Gasteiger partial charge in [0, 0.05) is 19.4 Å². The summed E-state index contributed by atoms with van der Waals surface area (Å²) in [6, 6.07) is 0. The first-order valence-corrected chi connectivity index (χ1v) is 5.62.